The Bertz CT molecular complexity index is 1330. The van der Waals surface area contributed by atoms with Gasteiger partial charge in [0.2, 0.25) is 0 Å². The summed E-state index contributed by atoms with van der Waals surface area (Å²) in [7, 11) is 1.58. The number of aromatic nitrogens is 4. The van der Waals surface area contributed by atoms with Crippen molar-refractivity contribution in [3.63, 3.8) is 0 Å². The molecule has 29 heavy (non-hydrogen) atoms. The van der Waals surface area contributed by atoms with Crippen molar-refractivity contribution in [2.45, 2.75) is 6.61 Å². The molecule has 5 aromatic rings. The largest absolute Gasteiger partial charge is 0.496 e. The van der Waals surface area contributed by atoms with Gasteiger partial charge in [0.1, 0.15) is 5.75 Å². The quantitative estimate of drug-likeness (QED) is 0.456. The van der Waals surface area contributed by atoms with Crippen LogP contribution < -0.4 is 10.1 Å². The molecule has 2 N–H and O–H groups in total. The Labute approximate surface area is 170 Å². The second-order valence-electron chi connectivity index (χ2n) is 6.48. The Kier molecular flexibility index (Phi) is 4.34. The average Bonchev–Trinajstić information content (AvgIpc) is 3.42. The molecular formula is C21H17N5O2S. The van der Waals surface area contributed by atoms with E-state index in [-0.39, 0.29) is 6.61 Å². The Balaban J connectivity index is 1.59. The highest BCUT2D eigenvalue weighted by atomic mass is 32.1. The minimum absolute atomic E-state index is 0.0826. The molecular weight excluding hydrogens is 386 g/mol. The molecule has 0 aliphatic heterocycles. The number of ether oxygens (including phenoxy) is 1. The van der Waals surface area contributed by atoms with Crippen LogP contribution in [0.2, 0.25) is 0 Å². The summed E-state index contributed by atoms with van der Waals surface area (Å²) in [5.41, 5.74) is 6.83. The zero-order chi connectivity index (χ0) is 19.8. The van der Waals surface area contributed by atoms with Crippen molar-refractivity contribution < 1.29 is 9.84 Å². The number of methoxy groups -OCH3 is 1. The predicted octanol–water partition coefficient (Wildman–Crippen LogP) is 4.25. The van der Waals surface area contributed by atoms with E-state index in [1.165, 1.54) is 0 Å². The average molecular weight is 403 g/mol. The fourth-order valence-corrected chi connectivity index (χ4v) is 3.92. The Hall–Kier alpha value is -3.49. The third-order valence-electron chi connectivity index (χ3n) is 4.72. The van der Waals surface area contributed by atoms with Crippen LogP contribution in [0.4, 0.5) is 11.5 Å². The van der Waals surface area contributed by atoms with Gasteiger partial charge in [0, 0.05) is 41.5 Å². The topological polar surface area (TPSA) is 84.6 Å². The highest BCUT2D eigenvalue weighted by Gasteiger charge is 2.12. The summed E-state index contributed by atoms with van der Waals surface area (Å²) in [6.45, 7) is -0.0826. The van der Waals surface area contributed by atoms with Crippen LogP contribution >= 0.6 is 11.3 Å². The highest BCUT2D eigenvalue weighted by Crippen LogP contribution is 2.29. The van der Waals surface area contributed by atoms with Gasteiger partial charge in [0.25, 0.3) is 0 Å². The van der Waals surface area contributed by atoms with Crippen LogP contribution in [0.3, 0.4) is 0 Å². The molecule has 0 amide bonds. The summed E-state index contributed by atoms with van der Waals surface area (Å²) in [5.74, 6) is 1.24. The Morgan fingerprint density at radius 1 is 1.17 bits per heavy atom. The SMILES string of the molecule is COc1cc(Nc2nc(-c3ccc4scnc4c3)cn3ccnc23)ccc1CO. The van der Waals surface area contributed by atoms with Gasteiger partial charge in [-0.15, -0.1) is 11.3 Å². The first-order chi connectivity index (χ1) is 14.2. The summed E-state index contributed by atoms with van der Waals surface area (Å²) in [4.78, 5) is 13.6. The van der Waals surface area contributed by atoms with E-state index in [0.29, 0.717) is 17.2 Å². The molecule has 0 spiro atoms. The van der Waals surface area contributed by atoms with Gasteiger partial charge < -0.3 is 19.6 Å². The van der Waals surface area contributed by atoms with Gasteiger partial charge in [0.15, 0.2) is 11.5 Å². The number of nitrogens with zero attached hydrogens (tertiary/aromatic N) is 4. The highest BCUT2D eigenvalue weighted by molar-refractivity contribution is 7.16. The number of fused-ring (bicyclic) bond motifs is 2. The maximum Gasteiger partial charge on any atom is 0.180 e. The lowest BCUT2D eigenvalue weighted by Gasteiger charge is -2.12. The molecule has 0 bridgehead atoms. The van der Waals surface area contributed by atoms with E-state index in [1.807, 2.05) is 46.6 Å². The van der Waals surface area contributed by atoms with Crippen LogP contribution in [-0.4, -0.2) is 31.6 Å². The summed E-state index contributed by atoms with van der Waals surface area (Å²) in [6.07, 6.45) is 5.59. The molecule has 0 radical (unpaired) electrons. The van der Waals surface area contributed by atoms with E-state index in [0.717, 1.165) is 32.7 Å². The normalized spacial score (nSPS) is 11.2. The monoisotopic (exact) mass is 403 g/mol. The number of anilines is 2. The molecule has 5 rings (SSSR count). The standard InChI is InChI=1S/C21H17N5O2S/c1-28-18-9-15(4-2-14(18)11-27)24-20-21-22-6-7-26(21)10-17(25-20)13-3-5-19-16(8-13)23-12-29-19/h2-10,12,27H,11H2,1H3,(H,24,25). The molecule has 7 nitrogen and oxygen atoms in total. The molecule has 0 saturated heterocycles. The molecule has 0 fully saturated rings. The van der Waals surface area contributed by atoms with Crippen molar-refractivity contribution in [2.75, 3.05) is 12.4 Å². The summed E-state index contributed by atoms with van der Waals surface area (Å²) in [6, 6.07) is 11.7. The number of aliphatic hydroxyl groups excluding tert-OH is 1. The molecule has 8 heteroatoms. The van der Waals surface area contributed by atoms with E-state index < -0.39 is 0 Å². The Morgan fingerprint density at radius 2 is 2.10 bits per heavy atom. The molecule has 0 atom stereocenters. The lowest BCUT2D eigenvalue weighted by atomic mass is 10.1. The second-order valence-corrected chi connectivity index (χ2v) is 7.36. The van der Waals surface area contributed by atoms with Crippen molar-refractivity contribution in [3.05, 3.63) is 66.1 Å². The third kappa shape index (κ3) is 3.18. The van der Waals surface area contributed by atoms with E-state index in [9.17, 15) is 5.11 Å². The second kappa shape index (κ2) is 7.16. The number of hydrogen-bond acceptors (Lipinski definition) is 7. The summed E-state index contributed by atoms with van der Waals surface area (Å²) < 4.78 is 8.45. The smallest absolute Gasteiger partial charge is 0.180 e. The first-order valence-electron chi connectivity index (χ1n) is 8.97. The van der Waals surface area contributed by atoms with E-state index in [4.69, 9.17) is 9.72 Å². The van der Waals surface area contributed by atoms with Crippen LogP contribution in [0.25, 0.3) is 27.1 Å². The molecule has 0 unspecified atom stereocenters. The van der Waals surface area contributed by atoms with Crippen molar-refractivity contribution in [1.82, 2.24) is 19.4 Å². The zero-order valence-corrected chi connectivity index (χ0v) is 16.3. The van der Waals surface area contributed by atoms with Gasteiger partial charge in [-0.3, -0.25) is 0 Å². The molecule has 0 aliphatic carbocycles. The van der Waals surface area contributed by atoms with Crippen LogP contribution in [0, 0.1) is 0 Å². The van der Waals surface area contributed by atoms with Crippen molar-refractivity contribution >= 4 is 38.7 Å². The number of thiazole rings is 1. The number of nitrogens with one attached hydrogen (secondary N) is 1. The van der Waals surface area contributed by atoms with Gasteiger partial charge in [-0.05, 0) is 18.2 Å². The molecule has 3 heterocycles. The molecule has 0 saturated carbocycles. The van der Waals surface area contributed by atoms with Crippen molar-refractivity contribution in [2.24, 2.45) is 0 Å². The summed E-state index contributed by atoms with van der Waals surface area (Å²) in [5, 5.41) is 12.8. The fourth-order valence-electron chi connectivity index (χ4n) is 3.26. The molecule has 3 aromatic heterocycles. The number of rotatable bonds is 5. The van der Waals surface area contributed by atoms with Crippen LogP contribution in [0.15, 0.2) is 60.5 Å². The number of aliphatic hydroxyl groups is 1. The lowest BCUT2D eigenvalue weighted by molar-refractivity contribution is 0.274. The van der Waals surface area contributed by atoms with Crippen LogP contribution in [0.5, 0.6) is 5.75 Å². The fraction of sp³-hybridized carbons (Fsp3) is 0.0952. The van der Waals surface area contributed by atoms with Crippen LogP contribution in [-0.2, 0) is 6.61 Å². The maximum atomic E-state index is 9.44. The lowest BCUT2D eigenvalue weighted by Crippen LogP contribution is -2.01. The van der Waals surface area contributed by atoms with E-state index >= 15 is 0 Å². The molecule has 2 aromatic carbocycles. The van der Waals surface area contributed by atoms with Gasteiger partial charge in [-0.25, -0.2) is 15.0 Å². The predicted molar refractivity (Wildman–Crippen MR) is 114 cm³/mol. The number of benzene rings is 2. The van der Waals surface area contributed by atoms with Crippen LogP contribution in [0.1, 0.15) is 5.56 Å². The number of hydrogen-bond donors (Lipinski definition) is 2. The van der Waals surface area contributed by atoms with Crippen molar-refractivity contribution in [1.29, 1.82) is 0 Å². The van der Waals surface area contributed by atoms with Gasteiger partial charge >= 0.3 is 0 Å². The first kappa shape index (κ1) is 17.6. The maximum absolute atomic E-state index is 9.44. The summed E-state index contributed by atoms with van der Waals surface area (Å²) >= 11 is 1.62. The van der Waals surface area contributed by atoms with Crippen molar-refractivity contribution in [3.8, 4) is 17.0 Å². The van der Waals surface area contributed by atoms with Gasteiger partial charge in [0.05, 0.1) is 35.1 Å². The third-order valence-corrected chi connectivity index (χ3v) is 5.53. The van der Waals surface area contributed by atoms with E-state index in [2.05, 4.69) is 27.4 Å². The minimum atomic E-state index is -0.0826. The molecule has 144 valence electrons. The first-order valence-corrected chi connectivity index (χ1v) is 9.85. The van der Waals surface area contributed by atoms with Gasteiger partial charge in [-0.1, -0.05) is 12.1 Å². The zero-order valence-electron chi connectivity index (χ0n) is 15.5. The van der Waals surface area contributed by atoms with Gasteiger partial charge in [-0.2, -0.15) is 0 Å². The number of imidazole rings is 1. The van der Waals surface area contributed by atoms with E-state index in [1.54, 1.807) is 24.6 Å². The molecule has 0 aliphatic rings. The minimum Gasteiger partial charge on any atom is -0.496 e. The Morgan fingerprint density at radius 3 is 2.97 bits per heavy atom.